The third-order valence-electron chi connectivity index (χ3n) is 0.582. The Morgan fingerprint density at radius 3 is 1.00 bits per heavy atom. The van der Waals surface area contributed by atoms with E-state index >= 15 is 0 Å². The van der Waals surface area contributed by atoms with Gasteiger partial charge in [0.15, 0.2) is 0 Å². The molecule has 0 aromatic heterocycles. The molecule has 0 heterocycles. The minimum absolute atomic E-state index is 4.29. The smallest absolute Gasteiger partial charge is 0.203 e. The summed E-state index contributed by atoms with van der Waals surface area (Å²) < 4.78 is 65.7. The Kier molecular flexibility index (Phi) is 2.33. The van der Waals surface area contributed by atoms with Crippen LogP contribution >= 0.6 is 0 Å². The van der Waals surface area contributed by atoms with Crippen molar-refractivity contribution in [2.24, 2.45) is 0 Å². The predicted octanol–water partition coefficient (Wildman–Crippen LogP) is 2.15. The fourth-order valence-electron chi connectivity index (χ4n) is 0.0952. The van der Waals surface area contributed by atoms with Crippen LogP contribution in [-0.4, -0.2) is 18.8 Å². The molecule has 0 aliphatic heterocycles. The van der Waals surface area contributed by atoms with E-state index in [-0.39, 0.29) is 0 Å². The molecule has 0 aromatic rings. The second-order valence-corrected chi connectivity index (χ2v) is 1.28. The van der Waals surface area contributed by atoms with Crippen LogP contribution in [0.4, 0.5) is 26.3 Å². The summed E-state index contributed by atoms with van der Waals surface area (Å²) in [5, 5.41) is 0. The second-order valence-electron chi connectivity index (χ2n) is 1.28. The van der Waals surface area contributed by atoms with Gasteiger partial charge in [-0.05, 0) is 0 Å². The quantitative estimate of drug-likeness (QED) is 0.532. The first kappa shape index (κ1) is 8.58. The molecule has 0 aliphatic rings. The lowest BCUT2D eigenvalue weighted by molar-refractivity contribution is -0.205. The number of alkyl halides is 6. The highest BCUT2D eigenvalue weighted by Gasteiger charge is 2.50. The summed E-state index contributed by atoms with van der Waals surface area (Å²) in [6.07, 6.45) is -8.59. The molecule has 0 atom stereocenters. The Morgan fingerprint density at radius 2 is 1.00 bits per heavy atom. The van der Waals surface area contributed by atoms with Crippen LogP contribution in [0.3, 0.4) is 0 Å². The van der Waals surface area contributed by atoms with Crippen LogP contribution in [0.15, 0.2) is 0 Å². The fourth-order valence-corrected chi connectivity index (χ4v) is 0.0952. The molecule has 9 heavy (non-hydrogen) atoms. The van der Waals surface area contributed by atoms with E-state index in [4.69, 9.17) is 0 Å². The number of halogens is 6. The van der Waals surface area contributed by atoms with E-state index in [1.807, 2.05) is 0 Å². The Morgan fingerprint density at radius 1 is 0.778 bits per heavy atom. The van der Waals surface area contributed by atoms with Crippen molar-refractivity contribution in [1.82, 2.24) is 0 Å². The van der Waals surface area contributed by atoms with Crippen molar-refractivity contribution in [1.29, 1.82) is 0 Å². The van der Waals surface area contributed by atoms with Gasteiger partial charge in [-0.15, -0.1) is 0 Å². The maximum Gasteiger partial charge on any atom is 0.366 e. The summed E-state index contributed by atoms with van der Waals surface area (Å²) in [5.41, 5.74) is 0. The first-order valence-electron chi connectivity index (χ1n) is 1.83. The number of hydrogen-bond acceptors (Lipinski definition) is 0. The summed E-state index contributed by atoms with van der Waals surface area (Å²) >= 11 is 0. The van der Waals surface area contributed by atoms with Gasteiger partial charge in [-0.2, -0.15) is 8.78 Å². The lowest BCUT2D eigenvalue weighted by Gasteiger charge is -2.12. The van der Waals surface area contributed by atoms with Gasteiger partial charge in [0.25, 0.3) is 0 Å². The minimum Gasteiger partial charge on any atom is -0.203 e. The van der Waals surface area contributed by atoms with Crippen LogP contribution in [0.5, 0.6) is 0 Å². The van der Waals surface area contributed by atoms with E-state index in [1.54, 1.807) is 0 Å². The molecule has 0 unspecified atom stereocenters. The van der Waals surface area contributed by atoms with Crippen molar-refractivity contribution in [3.8, 4) is 0 Å². The third kappa shape index (κ3) is 1.76. The lowest BCUT2D eigenvalue weighted by Crippen LogP contribution is -2.34. The van der Waals surface area contributed by atoms with Gasteiger partial charge >= 0.3 is 18.8 Å². The predicted molar refractivity (Wildman–Crippen MR) is 17.0 cm³/mol. The Hall–Kier alpha value is -0.420. The molecule has 0 saturated heterocycles. The largest absolute Gasteiger partial charge is 0.366 e. The number of hydrogen-bond donors (Lipinski definition) is 0. The molecule has 0 aliphatic carbocycles. The summed E-state index contributed by atoms with van der Waals surface area (Å²) in [6.45, 7) is 0. The first-order valence-corrected chi connectivity index (χ1v) is 1.83. The molecule has 0 nitrogen and oxygen atoms in total. The van der Waals surface area contributed by atoms with E-state index in [2.05, 4.69) is 0 Å². The van der Waals surface area contributed by atoms with E-state index in [1.165, 1.54) is 0 Å². The van der Waals surface area contributed by atoms with Crippen LogP contribution in [0.1, 0.15) is 0 Å². The van der Waals surface area contributed by atoms with Crippen molar-refractivity contribution < 1.29 is 26.3 Å². The average molecular weight is 152 g/mol. The highest BCUT2D eigenvalue weighted by Crippen LogP contribution is 2.29. The van der Waals surface area contributed by atoms with Crippen molar-refractivity contribution in [2.75, 3.05) is 0 Å². The Bertz CT molecular complexity index is 76.3. The van der Waals surface area contributed by atoms with Crippen molar-refractivity contribution >= 4 is 0 Å². The SMILES string of the molecule is FC(F)C(F)(F)C(F)F. The maximum atomic E-state index is 11.2. The van der Waals surface area contributed by atoms with Crippen LogP contribution in [0.25, 0.3) is 0 Å². The average Bonchev–Trinajstić information content (AvgIpc) is 1.65. The first-order chi connectivity index (χ1) is 3.89. The minimum atomic E-state index is -5.17. The molecule has 6 heteroatoms. The van der Waals surface area contributed by atoms with Gasteiger partial charge in [0, 0.05) is 0 Å². The zero-order chi connectivity index (χ0) is 7.65. The van der Waals surface area contributed by atoms with Gasteiger partial charge < -0.3 is 0 Å². The highest BCUT2D eigenvalue weighted by molar-refractivity contribution is 4.70. The third-order valence-corrected chi connectivity index (χ3v) is 0.582. The zero-order valence-electron chi connectivity index (χ0n) is 3.92. The molecule has 0 saturated carbocycles. The van der Waals surface area contributed by atoms with Crippen LogP contribution in [0.2, 0.25) is 0 Å². The second kappa shape index (κ2) is 2.45. The van der Waals surface area contributed by atoms with Crippen molar-refractivity contribution in [3.63, 3.8) is 0 Å². The van der Waals surface area contributed by atoms with Gasteiger partial charge in [-0.1, -0.05) is 0 Å². The highest BCUT2D eigenvalue weighted by atomic mass is 19.3. The number of rotatable bonds is 2. The van der Waals surface area contributed by atoms with Crippen molar-refractivity contribution in [2.45, 2.75) is 18.8 Å². The summed E-state index contributed by atoms with van der Waals surface area (Å²) in [5.74, 6) is -5.17. The van der Waals surface area contributed by atoms with E-state index in [0.29, 0.717) is 0 Å². The van der Waals surface area contributed by atoms with Crippen molar-refractivity contribution in [3.05, 3.63) is 0 Å². The molecular formula is C3H2F6. The van der Waals surface area contributed by atoms with E-state index < -0.39 is 18.8 Å². The van der Waals surface area contributed by atoms with Gasteiger partial charge in [-0.25, -0.2) is 17.6 Å². The van der Waals surface area contributed by atoms with Crippen LogP contribution < -0.4 is 0 Å². The Labute approximate surface area is 46.5 Å². The molecule has 0 N–H and O–H groups in total. The molecular weight excluding hydrogens is 150 g/mol. The zero-order valence-corrected chi connectivity index (χ0v) is 3.92. The van der Waals surface area contributed by atoms with E-state index in [9.17, 15) is 26.3 Å². The molecule has 0 spiro atoms. The molecule has 0 bridgehead atoms. The molecule has 0 fully saturated rings. The molecule has 56 valence electrons. The fraction of sp³-hybridized carbons (Fsp3) is 1.00. The normalized spacial score (nSPS) is 13.3. The standard InChI is InChI=1S/C3H2F6/c4-1(5)3(8,9)2(6)7/h1-2H. The van der Waals surface area contributed by atoms with Gasteiger partial charge in [0.2, 0.25) is 0 Å². The summed E-state index contributed by atoms with van der Waals surface area (Å²) in [7, 11) is 0. The van der Waals surface area contributed by atoms with E-state index in [0.717, 1.165) is 0 Å². The summed E-state index contributed by atoms with van der Waals surface area (Å²) in [4.78, 5) is 0. The van der Waals surface area contributed by atoms with Crippen LogP contribution in [0, 0.1) is 0 Å². The molecule has 0 rings (SSSR count). The lowest BCUT2D eigenvalue weighted by atomic mass is 10.4. The topological polar surface area (TPSA) is 0 Å². The Balaban J connectivity index is 4.01. The maximum absolute atomic E-state index is 11.2. The summed E-state index contributed by atoms with van der Waals surface area (Å²) in [6, 6.07) is 0. The van der Waals surface area contributed by atoms with Gasteiger partial charge in [0.05, 0.1) is 0 Å². The molecule has 0 aromatic carbocycles. The molecule has 0 amide bonds. The van der Waals surface area contributed by atoms with Gasteiger partial charge in [-0.3, -0.25) is 0 Å². The van der Waals surface area contributed by atoms with Gasteiger partial charge in [0.1, 0.15) is 0 Å². The molecule has 0 radical (unpaired) electrons. The monoisotopic (exact) mass is 152 g/mol. The van der Waals surface area contributed by atoms with Crippen LogP contribution in [-0.2, 0) is 0 Å².